The molecule has 1 aromatic heterocycles. The molecule has 3 rings (SSSR count). The highest BCUT2D eigenvalue weighted by atomic mass is 32.1. The minimum Gasteiger partial charge on any atom is -0.463 e. The molecule has 1 heterocycles. The van der Waals surface area contributed by atoms with Crippen molar-refractivity contribution in [2.45, 2.75) is 33.2 Å². The third-order valence-corrected chi connectivity index (χ3v) is 6.90. The number of esters is 1. The van der Waals surface area contributed by atoms with Crippen LogP contribution in [0, 0.1) is 36.5 Å². The van der Waals surface area contributed by atoms with Gasteiger partial charge in [0.25, 0.3) is 0 Å². The predicted octanol–water partition coefficient (Wildman–Crippen LogP) is 6.07. The topological polar surface area (TPSA) is 128 Å². The maximum absolute atomic E-state index is 11.5. The second-order valence-electron chi connectivity index (χ2n) is 8.58. The zero-order valence-corrected chi connectivity index (χ0v) is 22.7. The number of hydrogen-bond acceptors (Lipinski definition) is 10. The number of ether oxygens (including phenoxy) is 2. The van der Waals surface area contributed by atoms with Crippen LogP contribution in [0.5, 0.6) is 0 Å². The van der Waals surface area contributed by atoms with Crippen LogP contribution in [0.3, 0.4) is 0 Å². The molecule has 39 heavy (non-hydrogen) atoms. The van der Waals surface area contributed by atoms with Crippen LogP contribution in [0.4, 0.5) is 16.4 Å². The van der Waals surface area contributed by atoms with Gasteiger partial charge < -0.3 is 19.2 Å². The Morgan fingerprint density at radius 3 is 2.54 bits per heavy atom. The molecule has 0 saturated heterocycles. The number of nitrogens with zero attached hydrogens (tertiary/aromatic N) is 5. The lowest BCUT2D eigenvalue weighted by Gasteiger charge is -2.25. The lowest BCUT2D eigenvalue weighted by Crippen LogP contribution is -2.27. The second kappa shape index (κ2) is 15.1. The van der Waals surface area contributed by atoms with Gasteiger partial charge in [0.05, 0.1) is 30.9 Å². The first kappa shape index (κ1) is 29.2. The summed E-state index contributed by atoms with van der Waals surface area (Å²) in [6.45, 7) is 5.79. The van der Waals surface area contributed by atoms with Gasteiger partial charge in [-0.3, -0.25) is 4.79 Å². The summed E-state index contributed by atoms with van der Waals surface area (Å²) in [5, 5.41) is 27.8. The van der Waals surface area contributed by atoms with Gasteiger partial charge in [0.15, 0.2) is 5.00 Å². The van der Waals surface area contributed by atoms with E-state index in [4.69, 9.17) is 9.47 Å². The van der Waals surface area contributed by atoms with Crippen LogP contribution in [0.2, 0.25) is 0 Å². The Bertz CT molecular complexity index is 1390. The van der Waals surface area contributed by atoms with E-state index in [9.17, 15) is 20.1 Å². The Morgan fingerprint density at radius 2 is 1.85 bits per heavy atom. The molecule has 0 unspecified atom stereocenters. The van der Waals surface area contributed by atoms with Gasteiger partial charge in [0, 0.05) is 25.2 Å². The predicted molar refractivity (Wildman–Crippen MR) is 148 cm³/mol. The zero-order valence-electron chi connectivity index (χ0n) is 21.9. The molecule has 0 N–H and O–H groups in total. The molecular formula is C29H29N5O4S. The van der Waals surface area contributed by atoms with Crippen molar-refractivity contribution in [3.05, 3.63) is 75.7 Å². The van der Waals surface area contributed by atoms with Crippen LogP contribution < -0.4 is 4.90 Å². The molecular weight excluding hydrogens is 514 g/mol. The van der Waals surface area contributed by atoms with E-state index >= 15 is 0 Å². The van der Waals surface area contributed by atoms with Crippen LogP contribution in [0.1, 0.15) is 40.0 Å². The van der Waals surface area contributed by atoms with Crippen molar-refractivity contribution in [2.75, 3.05) is 31.3 Å². The van der Waals surface area contributed by atoms with Gasteiger partial charge in [0.2, 0.25) is 0 Å². The molecule has 0 saturated carbocycles. The number of carbonyl (C=O) groups excluding carboxylic acids is 2. The van der Waals surface area contributed by atoms with Gasteiger partial charge in [-0.1, -0.05) is 30.3 Å². The van der Waals surface area contributed by atoms with Crippen molar-refractivity contribution in [1.82, 2.24) is 0 Å². The number of nitriles is 2. The molecule has 0 aliphatic carbocycles. The molecule has 200 valence electrons. The highest BCUT2D eigenvalue weighted by Gasteiger charge is 2.15. The summed E-state index contributed by atoms with van der Waals surface area (Å²) in [6, 6.07) is 20.2. The molecule has 9 nitrogen and oxygen atoms in total. The molecule has 0 radical (unpaired) electrons. The molecule has 3 aromatic rings. The number of aryl methyl sites for hydroxylation is 1. The lowest BCUT2D eigenvalue weighted by molar-refractivity contribution is -0.145. The fourth-order valence-electron chi connectivity index (χ4n) is 3.70. The van der Waals surface area contributed by atoms with Gasteiger partial charge in [-0.05, 0) is 48.7 Å². The van der Waals surface area contributed by atoms with E-state index in [2.05, 4.69) is 39.4 Å². The SMILES string of the molecule is Cc1cc(N(CCOCCOC(=O)CCC=O)Cc2ccccc2)ccc1/N=N/c1sc(C#N)c(C)c1C#N. The summed E-state index contributed by atoms with van der Waals surface area (Å²) in [5.41, 5.74) is 4.70. The summed E-state index contributed by atoms with van der Waals surface area (Å²) in [7, 11) is 0. The normalized spacial score (nSPS) is 10.7. The number of azo groups is 1. The molecule has 0 amide bonds. The largest absolute Gasteiger partial charge is 0.463 e. The molecule has 2 aromatic carbocycles. The van der Waals surface area contributed by atoms with Gasteiger partial charge in [-0.2, -0.15) is 10.5 Å². The van der Waals surface area contributed by atoms with Crippen molar-refractivity contribution >= 4 is 40.0 Å². The third kappa shape index (κ3) is 8.57. The summed E-state index contributed by atoms with van der Waals surface area (Å²) in [5.74, 6) is -0.410. The zero-order chi connectivity index (χ0) is 28.0. The van der Waals surface area contributed by atoms with Crippen LogP contribution in [0.15, 0.2) is 58.8 Å². The summed E-state index contributed by atoms with van der Waals surface area (Å²) >= 11 is 1.16. The molecule has 0 aliphatic heterocycles. The first-order valence-corrected chi connectivity index (χ1v) is 13.2. The van der Waals surface area contributed by atoms with E-state index in [-0.39, 0.29) is 26.1 Å². The van der Waals surface area contributed by atoms with Crippen molar-refractivity contribution in [3.8, 4) is 12.1 Å². The molecule has 0 aliphatic rings. The van der Waals surface area contributed by atoms with E-state index in [0.717, 1.165) is 28.2 Å². The fourth-order valence-corrected chi connectivity index (χ4v) is 4.57. The first-order valence-electron chi connectivity index (χ1n) is 12.4. The van der Waals surface area contributed by atoms with Crippen molar-refractivity contribution < 1.29 is 19.1 Å². The molecule has 10 heteroatoms. The van der Waals surface area contributed by atoms with Crippen LogP contribution >= 0.6 is 11.3 Å². The molecule has 0 spiro atoms. The van der Waals surface area contributed by atoms with Crippen LogP contribution in [-0.4, -0.2) is 38.6 Å². The molecule has 0 bridgehead atoms. The first-order chi connectivity index (χ1) is 19.0. The maximum Gasteiger partial charge on any atom is 0.306 e. The van der Waals surface area contributed by atoms with Crippen molar-refractivity contribution in [3.63, 3.8) is 0 Å². The van der Waals surface area contributed by atoms with E-state index in [1.54, 1.807) is 6.92 Å². The monoisotopic (exact) mass is 543 g/mol. The van der Waals surface area contributed by atoms with E-state index < -0.39 is 5.97 Å². The maximum atomic E-state index is 11.5. The molecule has 0 atom stereocenters. The average Bonchev–Trinajstić information content (AvgIpc) is 3.26. The quantitative estimate of drug-likeness (QED) is 0.104. The fraction of sp³-hybridized carbons (Fsp3) is 0.310. The molecule has 0 fully saturated rings. The van der Waals surface area contributed by atoms with Gasteiger partial charge in [-0.15, -0.1) is 21.6 Å². The highest BCUT2D eigenvalue weighted by molar-refractivity contribution is 7.16. The summed E-state index contributed by atoms with van der Waals surface area (Å²) < 4.78 is 10.7. The minimum atomic E-state index is -0.410. The summed E-state index contributed by atoms with van der Waals surface area (Å²) in [6.07, 6.45) is 0.928. The third-order valence-electron chi connectivity index (χ3n) is 5.81. The standard InChI is InChI=1S/C29H29N5O4S/c1-21-17-24(10-11-26(21)32-33-29-25(18-30)22(2)27(19-31)39-29)34(20-23-7-4-3-5-8-23)12-14-37-15-16-38-28(36)9-6-13-35/h3-5,7-8,10-11,13,17H,6,9,12,14-16,20H2,1-2H3/b33-32+. The Hall–Kier alpha value is -4.38. The number of hydrogen-bond donors (Lipinski definition) is 0. The number of benzene rings is 2. The highest BCUT2D eigenvalue weighted by Crippen LogP contribution is 2.36. The lowest BCUT2D eigenvalue weighted by atomic mass is 10.1. The van der Waals surface area contributed by atoms with Gasteiger partial charge in [0.1, 0.15) is 29.9 Å². The summed E-state index contributed by atoms with van der Waals surface area (Å²) in [4.78, 5) is 24.5. The van der Waals surface area contributed by atoms with Crippen molar-refractivity contribution in [1.29, 1.82) is 10.5 Å². The Kier molecular flexibility index (Phi) is 11.3. The second-order valence-corrected chi connectivity index (χ2v) is 9.58. The average molecular weight is 544 g/mol. The van der Waals surface area contributed by atoms with E-state index in [0.29, 0.717) is 52.7 Å². The van der Waals surface area contributed by atoms with E-state index in [1.807, 2.05) is 43.3 Å². The van der Waals surface area contributed by atoms with E-state index in [1.165, 1.54) is 0 Å². The minimum absolute atomic E-state index is 0.0800. The smallest absolute Gasteiger partial charge is 0.306 e. The number of thiophene rings is 1. The number of carbonyl (C=O) groups is 2. The number of rotatable bonds is 14. The van der Waals surface area contributed by atoms with Gasteiger partial charge in [-0.25, -0.2) is 0 Å². The number of anilines is 1. The number of aldehydes is 1. The van der Waals surface area contributed by atoms with Crippen LogP contribution in [0.25, 0.3) is 0 Å². The Balaban J connectivity index is 1.68. The van der Waals surface area contributed by atoms with Gasteiger partial charge >= 0.3 is 5.97 Å². The Morgan fingerprint density at radius 1 is 1.05 bits per heavy atom. The van der Waals surface area contributed by atoms with Crippen molar-refractivity contribution in [2.24, 2.45) is 10.2 Å². The Labute approximate surface area is 231 Å². The van der Waals surface area contributed by atoms with Crippen LogP contribution in [-0.2, 0) is 25.6 Å².